The van der Waals surface area contributed by atoms with Crippen molar-refractivity contribution >= 4 is 18.3 Å². The maximum absolute atomic E-state index is 11.3. The summed E-state index contributed by atoms with van der Waals surface area (Å²) < 4.78 is 4.56. The van der Waals surface area contributed by atoms with Crippen LogP contribution in [0.5, 0.6) is 0 Å². The zero-order valence-electron chi connectivity index (χ0n) is 11.0. The highest BCUT2D eigenvalue weighted by Crippen LogP contribution is 2.28. The molecule has 1 unspecified atom stereocenters. The number of carbonyl (C=O) groups excluding carboxylic acids is 2. The number of ether oxygens (including phenoxy) is 1. The fraction of sp³-hybridized carbons (Fsp3) is 0.583. The molecule has 1 amide bonds. The van der Waals surface area contributed by atoms with Gasteiger partial charge in [0.25, 0.3) is 6.47 Å². The first-order valence-corrected chi connectivity index (χ1v) is 5.42. The molecule has 18 heavy (non-hydrogen) atoms. The highest BCUT2D eigenvalue weighted by Gasteiger charge is 2.36. The number of hydrogen-bond acceptors (Lipinski definition) is 4. The second kappa shape index (κ2) is 6.78. The molecule has 0 fully saturated rings. The van der Waals surface area contributed by atoms with Crippen LogP contribution in [0.4, 0.5) is 0 Å². The fourth-order valence-corrected chi connectivity index (χ4v) is 1.35. The van der Waals surface area contributed by atoms with E-state index in [1.165, 1.54) is 11.0 Å². The highest BCUT2D eigenvalue weighted by molar-refractivity contribution is 5.87. The van der Waals surface area contributed by atoms with E-state index in [1.807, 2.05) is 0 Å². The molecule has 6 nitrogen and oxygen atoms in total. The van der Waals surface area contributed by atoms with Crippen molar-refractivity contribution in [2.45, 2.75) is 26.4 Å². The lowest BCUT2D eigenvalue weighted by Gasteiger charge is -2.28. The lowest BCUT2D eigenvalue weighted by molar-refractivity contribution is -0.164. The monoisotopic (exact) mass is 257 g/mol. The van der Waals surface area contributed by atoms with Gasteiger partial charge in [0.05, 0.1) is 0 Å². The maximum Gasteiger partial charge on any atom is 0.345 e. The molecule has 6 heteroatoms. The van der Waals surface area contributed by atoms with E-state index >= 15 is 0 Å². The van der Waals surface area contributed by atoms with Gasteiger partial charge in [0.15, 0.2) is 0 Å². The van der Waals surface area contributed by atoms with E-state index in [0.717, 1.165) is 0 Å². The van der Waals surface area contributed by atoms with E-state index in [4.69, 9.17) is 5.11 Å². The van der Waals surface area contributed by atoms with E-state index in [-0.39, 0.29) is 12.4 Å². The third-order valence-electron chi connectivity index (χ3n) is 2.47. The van der Waals surface area contributed by atoms with Crippen molar-refractivity contribution in [1.82, 2.24) is 4.90 Å². The molecule has 0 aromatic carbocycles. The van der Waals surface area contributed by atoms with Gasteiger partial charge in [0.1, 0.15) is 0 Å². The predicted molar refractivity (Wildman–Crippen MR) is 64.8 cm³/mol. The van der Waals surface area contributed by atoms with Gasteiger partial charge in [-0.25, -0.2) is 4.79 Å². The summed E-state index contributed by atoms with van der Waals surface area (Å²) in [6.07, 6.45) is 2.00. The van der Waals surface area contributed by atoms with Gasteiger partial charge in [0.2, 0.25) is 12.0 Å². The lowest BCUT2D eigenvalue weighted by atomic mass is 9.83. The van der Waals surface area contributed by atoms with E-state index in [1.54, 1.807) is 34.0 Å². The van der Waals surface area contributed by atoms with Gasteiger partial charge in [-0.3, -0.25) is 9.59 Å². The van der Waals surface area contributed by atoms with E-state index in [2.05, 4.69) is 4.74 Å². The highest BCUT2D eigenvalue weighted by atomic mass is 16.5. The number of likely N-dealkylation sites (N-methyl/N-ethyl adjacent to an activating group) is 1. The van der Waals surface area contributed by atoms with Crippen molar-refractivity contribution < 1.29 is 24.2 Å². The molecule has 0 bridgehead atoms. The van der Waals surface area contributed by atoms with Crippen LogP contribution in [0, 0.1) is 5.41 Å². The van der Waals surface area contributed by atoms with Crippen molar-refractivity contribution in [3.8, 4) is 0 Å². The SMILES string of the molecule is CN(C)C(=O)/C=C/CC(C)(C)C(OC=O)C(=O)O. The number of aliphatic carboxylic acids is 1. The first-order valence-electron chi connectivity index (χ1n) is 5.42. The first kappa shape index (κ1) is 16.1. The number of rotatable bonds is 7. The minimum absolute atomic E-state index is 0.120. The van der Waals surface area contributed by atoms with Crippen LogP contribution in [0.25, 0.3) is 0 Å². The fourth-order valence-electron chi connectivity index (χ4n) is 1.35. The number of allylic oxidation sites excluding steroid dienone is 1. The van der Waals surface area contributed by atoms with E-state index < -0.39 is 17.5 Å². The Bertz CT molecular complexity index is 346. The number of amides is 1. The summed E-state index contributed by atoms with van der Waals surface area (Å²) in [5.74, 6) is -1.39. The zero-order chi connectivity index (χ0) is 14.3. The van der Waals surface area contributed by atoms with Crippen LogP contribution in [0.2, 0.25) is 0 Å². The van der Waals surface area contributed by atoms with Crippen LogP contribution < -0.4 is 0 Å². The number of hydrogen-bond donors (Lipinski definition) is 1. The van der Waals surface area contributed by atoms with Crippen LogP contribution >= 0.6 is 0 Å². The number of carboxylic acids is 1. The molecule has 0 aliphatic carbocycles. The molecule has 0 aromatic heterocycles. The molecule has 0 aliphatic heterocycles. The van der Waals surface area contributed by atoms with Gasteiger partial charge in [-0.1, -0.05) is 19.9 Å². The smallest absolute Gasteiger partial charge is 0.345 e. The summed E-state index contributed by atoms with van der Waals surface area (Å²) in [7, 11) is 3.24. The van der Waals surface area contributed by atoms with Crippen molar-refractivity contribution in [1.29, 1.82) is 0 Å². The van der Waals surface area contributed by atoms with E-state index in [9.17, 15) is 14.4 Å². The molecule has 0 aromatic rings. The van der Waals surface area contributed by atoms with Gasteiger partial charge in [-0.05, 0) is 12.5 Å². The van der Waals surface area contributed by atoms with Crippen LogP contribution in [0.3, 0.4) is 0 Å². The number of carbonyl (C=O) groups is 3. The summed E-state index contributed by atoms with van der Waals surface area (Å²) in [5.41, 5.74) is -0.796. The summed E-state index contributed by atoms with van der Waals surface area (Å²) in [5, 5.41) is 8.95. The number of carboxylic acid groups (broad SMARTS) is 1. The molecule has 0 rings (SSSR count). The molecule has 0 saturated heterocycles. The second-order valence-electron chi connectivity index (χ2n) is 4.78. The molecule has 0 saturated carbocycles. The average molecular weight is 257 g/mol. The normalized spacial score (nSPS) is 13.1. The van der Waals surface area contributed by atoms with Crippen molar-refractivity contribution in [2.75, 3.05) is 14.1 Å². The number of nitrogens with zero attached hydrogens (tertiary/aromatic N) is 1. The lowest BCUT2D eigenvalue weighted by Crippen LogP contribution is -2.38. The standard InChI is InChI=1S/C12H19NO5/c1-12(2,10(11(16)17)18-8-14)7-5-6-9(15)13(3)4/h5-6,8,10H,7H2,1-4H3,(H,16,17)/b6-5+. The van der Waals surface area contributed by atoms with Crippen LogP contribution in [-0.2, 0) is 19.1 Å². The summed E-state index contributed by atoms with van der Waals surface area (Å²) in [6.45, 7) is 3.43. The maximum atomic E-state index is 11.3. The molecule has 102 valence electrons. The molecular weight excluding hydrogens is 238 g/mol. The topological polar surface area (TPSA) is 83.9 Å². The van der Waals surface area contributed by atoms with Gasteiger partial charge in [-0.15, -0.1) is 0 Å². The van der Waals surface area contributed by atoms with Crippen LogP contribution in [-0.4, -0.2) is 48.6 Å². The van der Waals surface area contributed by atoms with Gasteiger partial charge >= 0.3 is 5.97 Å². The average Bonchev–Trinajstić information content (AvgIpc) is 2.24. The Morgan fingerprint density at radius 3 is 2.33 bits per heavy atom. The molecule has 0 radical (unpaired) electrons. The third-order valence-corrected chi connectivity index (χ3v) is 2.47. The Hall–Kier alpha value is -1.85. The quantitative estimate of drug-likeness (QED) is 0.535. The van der Waals surface area contributed by atoms with Crippen molar-refractivity contribution in [3.63, 3.8) is 0 Å². The molecule has 0 aliphatic rings. The molecular formula is C12H19NO5. The minimum Gasteiger partial charge on any atom is -0.478 e. The molecule has 0 heterocycles. The van der Waals surface area contributed by atoms with Crippen molar-refractivity contribution in [2.24, 2.45) is 5.41 Å². The third kappa shape index (κ3) is 4.99. The Morgan fingerprint density at radius 1 is 1.39 bits per heavy atom. The molecule has 0 spiro atoms. The Morgan fingerprint density at radius 2 is 1.94 bits per heavy atom. The molecule has 1 N–H and O–H groups in total. The summed E-state index contributed by atoms with van der Waals surface area (Å²) in [6, 6.07) is 0. The largest absolute Gasteiger partial charge is 0.478 e. The van der Waals surface area contributed by atoms with Crippen LogP contribution in [0.15, 0.2) is 12.2 Å². The zero-order valence-corrected chi connectivity index (χ0v) is 11.0. The van der Waals surface area contributed by atoms with Crippen LogP contribution in [0.1, 0.15) is 20.3 Å². The Kier molecular flexibility index (Phi) is 6.08. The first-order chi connectivity index (χ1) is 8.22. The van der Waals surface area contributed by atoms with E-state index in [0.29, 0.717) is 6.42 Å². The molecule has 1 atom stereocenters. The van der Waals surface area contributed by atoms with Crippen molar-refractivity contribution in [3.05, 3.63) is 12.2 Å². The summed E-state index contributed by atoms with van der Waals surface area (Å²) >= 11 is 0. The minimum atomic E-state index is -1.24. The van der Waals surface area contributed by atoms with Gasteiger partial charge in [-0.2, -0.15) is 0 Å². The Labute approximate surface area is 106 Å². The Balaban J connectivity index is 4.67. The van der Waals surface area contributed by atoms with Gasteiger partial charge in [0, 0.05) is 19.5 Å². The van der Waals surface area contributed by atoms with Gasteiger partial charge < -0.3 is 14.7 Å². The second-order valence-corrected chi connectivity index (χ2v) is 4.78. The summed E-state index contributed by atoms with van der Waals surface area (Å²) in [4.78, 5) is 33.9. The predicted octanol–water partition coefficient (Wildman–Crippen LogP) is 0.673.